The van der Waals surface area contributed by atoms with Crippen LogP contribution in [0.25, 0.3) is 0 Å². The number of halogens is 1. The molecule has 33 heavy (non-hydrogen) atoms. The largest absolute Gasteiger partial charge is 0.452 e. The van der Waals surface area contributed by atoms with Gasteiger partial charge in [0, 0.05) is 10.2 Å². The number of hydrogen-bond acceptors (Lipinski definition) is 5. The van der Waals surface area contributed by atoms with Gasteiger partial charge in [0.25, 0.3) is 5.91 Å². The number of esters is 1. The van der Waals surface area contributed by atoms with Gasteiger partial charge in [0.15, 0.2) is 6.61 Å². The Morgan fingerprint density at radius 3 is 2.36 bits per heavy atom. The Balaban J connectivity index is 1.41. The number of ether oxygens (including phenoxy) is 1. The predicted molar refractivity (Wildman–Crippen MR) is 127 cm³/mol. The minimum absolute atomic E-state index is 0.173. The van der Waals surface area contributed by atoms with Gasteiger partial charge in [-0.25, -0.2) is 4.79 Å². The summed E-state index contributed by atoms with van der Waals surface area (Å²) < 4.78 is 6.12. The van der Waals surface area contributed by atoms with Crippen LogP contribution in [-0.2, 0) is 19.1 Å². The van der Waals surface area contributed by atoms with Crippen LogP contribution in [0.3, 0.4) is 0 Å². The Morgan fingerprint density at radius 1 is 1.03 bits per heavy atom. The Labute approximate surface area is 200 Å². The van der Waals surface area contributed by atoms with Crippen molar-refractivity contribution < 1.29 is 23.9 Å². The molecular weight excluding hydrogens is 488 g/mol. The Morgan fingerprint density at radius 2 is 1.70 bits per heavy atom. The fraction of sp³-hybridized carbons (Fsp3) is 0.360. The van der Waals surface area contributed by atoms with Crippen LogP contribution in [0.4, 0.5) is 11.4 Å². The lowest BCUT2D eigenvalue weighted by atomic mass is 9.81. The van der Waals surface area contributed by atoms with Gasteiger partial charge in [-0.1, -0.05) is 34.8 Å². The molecular formula is C25H25BrN2O5. The van der Waals surface area contributed by atoms with Crippen LogP contribution >= 0.6 is 15.9 Å². The second-order valence-electron chi connectivity index (χ2n) is 8.60. The quantitative estimate of drug-likeness (QED) is 0.468. The molecule has 2 fully saturated rings. The van der Waals surface area contributed by atoms with Crippen LogP contribution in [0.5, 0.6) is 0 Å². The minimum atomic E-state index is -0.702. The standard InChI is InChI=1S/C25H25BrN2O5/c1-14-11-21(15(2)10-20(14)26)27-22(29)13-33-25(32)16-6-5-7-17(12-16)28-23(30)18-8-3-4-9-19(18)24(28)31/h5-7,10-12,18-19H,3-4,8-9,13H2,1-2H3,(H,27,29)/t18-,19+. The lowest BCUT2D eigenvalue weighted by molar-refractivity contribution is -0.122. The van der Waals surface area contributed by atoms with E-state index in [0.717, 1.165) is 41.3 Å². The lowest BCUT2D eigenvalue weighted by Crippen LogP contribution is -2.31. The summed E-state index contributed by atoms with van der Waals surface area (Å²) in [5.41, 5.74) is 3.02. The molecule has 172 valence electrons. The van der Waals surface area contributed by atoms with Gasteiger partial charge in [0.1, 0.15) is 0 Å². The fourth-order valence-corrected chi connectivity index (χ4v) is 4.96. The molecule has 7 nitrogen and oxygen atoms in total. The molecule has 8 heteroatoms. The number of carbonyl (C=O) groups is 4. The van der Waals surface area contributed by atoms with Crippen molar-refractivity contribution in [2.75, 3.05) is 16.8 Å². The van der Waals surface area contributed by atoms with E-state index < -0.39 is 18.5 Å². The van der Waals surface area contributed by atoms with E-state index in [2.05, 4.69) is 21.2 Å². The molecule has 0 aromatic heterocycles. The third-order valence-corrected chi connectivity index (χ3v) is 7.15. The number of benzene rings is 2. The van der Waals surface area contributed by atoms with Crippen molar-refractivity contribution in [2.24, 2.45) is 11.8 Å². The first-order valence-electron chi connectivity index (χ1n) is 11.0. The van der Waals surface area contributed by atoms with Gasteiger partial charge in [-0.05, 0) is 68.1 Å². The summed E-state index contributed by atoms with van der Waals surface area (Å²) in [6, 6.07) is 9.97. The van der Waals surface area contributed by atoms with Gasteiger partial charge >= 0.3 is 5.97 Å². The maximum absolute atomic E-state index is 12.8. The molecule has 2 aliphatic rings. The van der Waals surface area contributed by atoms with Gasteiger partial charge in [-0.2, -0.15) is 0 Å². The normalized spacial score (nSPS) is 19.9. The molecule has 1 heterocycles. The van der Waals surface area contributed by atoms with E-state index in [0.29, 0.717) is 11.4 Å². The number of hydrogen-bond donors (Lipinski definition) is 1. The second-order valence-corrected chi connectivity index (χ2v) is 9.45. The maximum Gasteiger partial charge on any atom is 0.338 e. The number of anilines is 2. The Bertz CT molecular complexity index is 1120. The average Bonchev–Trinajstić information content (AvgIpc) is 3.06. The molecule has 3 amide bonds. The summed E-state index contributed by atoms with van der Waals surface area (Å²) in [5, 5.41) is 2.75. The van der Waals surface area contributed by atoms with Crippen molar-refractivity contribution in [3.05, 3.63) is 57.6 Å². The van der Waals surface area contributed by atoms with Gasteiger partial charge < -0.3 is 10.1 Å². The van der Waals surface area contributed by atoms with Gasteiger partial charge in [-0.15, -0.1) is 0 Å². The first-order chi connectivity index (χ1) is 15.8. The van der Waals surface area contributed by atoms with Gasteiger partial charge in [-0.3, -0.25) is 19.3 Å². The molecule has 4 rings (SSSR count). The maximum atomic E-state index is 12.8. The van der Waals surface area contributed by atoms with E-state index in [1.165, 1.54) is 17.0 Å². The van der Waals surface area contributed by atoms with E-state index in [1.54, 1.807) is 12.1 Å². The summed E-state index contributed by atoms with van der Waals surface area (Å²) >= 11 is 3.45. The Hall–Kier alpha value is -3.00. The van der Waals surface area contributed by atoms with Crippen molar-refractivity contribution >= 4 is 51.0 Å². The molecule has 0 radical (unpaired) electrons. The van der Waals surface area contributed by atoms with E-state index in [1.807, 2.05) is 26.0 Å². The Kier molecular flexibility index (Phi) is 6.65. The van der Waals surface area contributed by atoms with Crippen LogP contribution in [-0.4, -0.2) is 30.3 Å². The average molecular weight is 513 g/mol. The topological polar surface area (TPSA) is 92.8 Å². The number of nitrogens with one attached hydrogen (secondary N) is 1. The zero-order valence-corrected chi connectivity index (χ0v) is 20.1. The van der Waals surface area contributed by atoms with Crippen LogP contribution in [0.1, 0.15) is 47.2 Å². The number of fused-ring (bicyclic) bond motifs is 1. The summed E-state index contributed by atoms with van der Waals surface area (Å²) in [6.45, 7) is 3.33. The number of carbonyl (C=O) groups excluding carboxylic acids is 4. The third kappa shape index (κ3) is 4.71. The van der Waals surface area contributed by atoms with Crippen LogP contribution < -0.4 is 10.2 Å². The molecule has 1 saturated heterocycles. The van der Waals surface area contributed by atoms with Crippen LogP contribution in [0.15, 0.2) is 40.9 Å². The SMILES string of the molecule is Cc1cc(NC(=O)COC(=O)c2cccc(N3C(=O)[C@H]4CCCC[C@H]4C3=O)c2)c(C)cc1Br. The third-order valence-electron chi connectivity index (χ3n) is 6.30. The zero-order chi connectivity index (χ0) is 23.7. The van der Waals surface area contributed by atoms with E-state index in [9.17, 15) is 19.2 Å². The number of rotatable bonds is 5. The molecule has 0 bridgehead atoms. The van der Waals surface area contributed by atoms with Gasteiger partial charge in [0.05, 0.1) is 23.1 Å². The van der Waals surface area contributed by atoms with Crippen molar-refractivity contribution in [1.82, 2.24) is 0 Å². The molecule has 1 aliphatic carbocycles. The molecule has 1 aliphatic heterocycles. The summed E-state index contributed by atoms with van der Waals surface area (Å²) in [6.07, 6.45) is 3.34. The zero-order valence-electron chi connectivity index (χ0n) is 18.5. The smallest absolute Gasteiger partial charge is 0.338 e. The van der Waals surface area contributed by atoms with E-state index >= 15 is 0 Å². The first-order valence-corrected chi connectivity index (χ1v) is 11.8. The fourth-order valence-electron chi connectivity index (χ4n) is 4.51. The molecule has 2 atom stereocenters. The lowest BCUT2D eigenvalue weighted by Gasteiger charge is -2.19. The van der Waals surface area contributed by atoms with Gasteiger partial charge in [0.2, 0.25) is 11.8 Å². The molecule has 2 aromatic carbocycles. The number of amides is 3. The highest BCUT2D eigenvalue weighted by Crippen LogP contribution is 2.40. The van der Waals surface area contributed by atoms with Crippen molar-refractivity contribution in [3.63, 3.8) is 0 Å². The molecule has 1 saturated carbocycles. The number of aryl methyl sites for hydroxylation is 2. The summed E-state index contributed by atoms with van der Waals surface area (Å²) in [7, 11) is 0. The predicted octanol–water partition coefficient (Wildman–Crippen LogP) is 4.54. The molecule has 2 aromatic rings. The number of nitrogens with zero attached hydrogens (tertiary/aromatic N) is 1. The van der Waals surface area contributed by atoms with Crippen molar-refractivity contribution in [1.29, 1.82) is 0 Å². The molecule has 0 unspecified atom stereocenters. The second kappa shape index (κ2) is 9.47. The molecule has 0 spiro atoms. The first kappa shape index (κ1) is 23.2. The van der Waals surface area contributed by atoms with E-state index in [4.69, 9.17) is 4.74 Å². The highest BCUT2D eigenvalue weighted by molar-refractivity contribution is 9.10. The summed E-state index contributed by atoms with van der Waals surface area (Å²) in [5.74, 6) is -2.09. The monoisotopic (exact) mass is 512 g/mol. The van der Waals surface area contributed by atoms with E-state index in [-0.39, 0.29) is 29.2 Å². The summed E-state index contributed by atoms with van der Waals surface area (Å²) in [4.78, 5) is 51.7. The highest BCUT2D eigenvalue weighted by Gasteiger charge is 2.48. The van der Waals surface area contributed by atoms with Crippen LogP contribution in [0, 0.1) is 25.7 Å². The minimum Gasteiger partial charge on any atom is -0.452 e. The van der Waals surface area contributed by atoms with Crippen molar-refractivity contribution in [3.8, 4) is 0 Å². The molecule has 1 N–H and O–H groups in total. The van der Waals surface area contributed by atoms with Crippen LogP contribution in [0.2, 0.25) is 0 Å². The van der Waals surface area contributed by atoms with Crippen molar-refractivity contribution in [2.45, 2.75) is 39.5 Å². The number of imide groups is 1. The highest BCUT2D eigenvalue weighted by atomic mass is 79.9.